The van der Waals surface area contributed by atoms with E-state index in [1.165, 1.54) is 0 Å². The van der Waals surface area contributed by atoms with E-state index in [0.29, 0.717) is 22.8 Å². The van der Waals surface area contributed by atoms with E-state index in [0.717, 1.165) is 26.3 Å². The van der Waals surface area contributed by atoms with Gasteiger partial charge in [-0.15, -0.1) is 0 Å². The molecule has 1 aliphatic heterocycles. The summed E-state index contributed by atoms with van der Waals surface area (Å²) >= 11 is 5.84. The third kappa shape index (κ3) is 4.09. The van der Waals surface area contributed by atoms with Gasteiger partial charge in [0.15, 0.2) is 0 Å². The highest BCUT2D eigenvalue weighted by Gasteiger charge is 2.28. The highest BCUT2D eigenvalue weighted by Crippen LogP contribution is 2.19. The molecule has 1 aromatic rings. The Morgan fingerprint density at radius 1 is 1.43 bits per heavy atom. The molecule has 3 N–H and O–H groups in total. The van der Waals surface area contributed by atoms with Crippen molar-refractivity contribution in [3.8, 4) is 0 Å². The molecule has 116 valence electrons. The first-order chi connectivity index (χ1) is 9.90. The van der Waals surface area contributed by atoms with Crippen molar-refractivity contribution < 1.29 is 9.53 Å². The van der Waals surface area contributed by atoms with Crippen molar-refractivity contribution in [2.45, 2.75) is 19.4 Å². The van der Waals surface area contributed by atoms with Gasteiger partial charge in [0.2, 0.25) is 0 Å². The minimum atomic E-state index is -0.175. The molecule has 1 amide bonds. The third-order valence-corrected chi connectivity index (χ3v) is 4.04. The predicted molar refractivity (Wildman–Crippen MR) is 84.7 cm³/mol. The van der Waals surface area contributed by atoms with Crippen LogP contribution in [0.15, 0.2) is 18.2 Å². The van der Waals surface area contributed by atoms with Crippen LogP contribution in [0.2, 0.25) is 5.02 Å². The Labute approximate surface area is 130 Å². The molecule has 0 bridgehead atoms. The quantitative estimate of drug-likeness (QED) is 0.832. The van der Waals surface area contributed by atoms with Crippen molar-refractivity contribution in [1.82, 2.24) is 10.2 Å². The van der Waals surface area contributed by atoms with Crippen molar-refractivity contribution >= 4 is 23.2 Å². The van der Waals surface area contributed by atoms with E-state index >= 15 is 0 Å². The number of amides is 1. The summed E-state index contributed by atoms with van der Waals surface area (Å²) in [5.41, 5.74) is 6.56. The second kappa shape index (κ2) is 6.64. The Hall–Kier alpha value is -1.30. The fourth-order valence-electron chi connectivity index (χ4n) is 2.41. The maximum Gasteiger partial charge on any atom is 0.253 e. The molecule has 0 unspecified atom stereocenters. The summed E-state index contributed by atoms with van der Waals surface area (Å²) in [6.45, 7) is 8.02. The number of nitrogens with one attached hydrogen (secondary N) is 1. The first-order valence-corrected chi connectivity index (χ1v) is 7.44. The van der Waals surface area contributed by atoms with Crippen LogP contribution in [0.5, 0.6) is 0 Å². The van der Waals surface area contributed by atoms with Crippen molar-refractivity contribution in [1.29, 1.82) is 0 Å². The minimum Gasteiger partial charge on any atom is -0.398 e. The number of halogens is 1. The number of nitrogens with two attached hydrogens (primary N) is 1. The van der Waals surface area contributed by atoms with E-state index in [1.807, 2.05) is 0 Å². The molecule has 6 heteroatoms. The Balaban J connectivity index is 1.96. The van der Waals surface area contributed by atoms with E-state index in [-0.39, 0.29) is 11.4 Å². The molecule has 0 aliphatic carbocycles. The van der Waals surface area contributed by atoms with Crippen LogP contribution in [0.25, 0.3) is 0 Å². The summed E-state index contributed by atoms with van der Waals surface area (Å²) in [6, 6.07) is 4.90. The zero-order valence-electron chi connectivity index (χ0n) is 12.5. The fourth-order valence-corrected chi connectivity index (χ4v) is 2.59. The van der Waals surface area contributed by atoms with Gasteiger partial charge in [0.25, 0.3) is 5.91 Å². The average Bonchev–Trinajstić information content (AvgIpc) is 2.46. The van der Waals surface area contributed by atoms with Crippen LogP contribution in [0.3, 0.4) is 0 Å². The van der Waals surface area contributed by atoms with Gasteiger partial charge in [-0.2, -0.15) is 0 Å². The van der Waals surface area contributed by atoms with Gasteiger partial charge in [0.05, 0.1) is 18.8 Å². The molecule has 0 saturated carbocycles. The Bertz CT molecular complexity index is 514. The highest BCUT2D eigenvalue weighted by atomic mass is 35.5. The van der Waals surface area contributed by atoms with Gasteiger partial charge in [-0.05, 0) is 32.0 Å². The molecule has 2 rings (SSSR count). The molecule has 1 aromatic carbocycles. The largest absolute Gasteiger partial charge is 0.398 e. The summed E-state index contributed by atoms with van der Waals surface area (Å²) in [5, 5.41) is 3.48. The molecule has 0 aromatic heterocycles. The molecule has 21 heavy (non-hydrogen) atoms. The zero-order chi connectivity index (χ0) is 15.5. The predicted octanol–water partition coefficient (Wildman–Crippen LogP) is 1.76. The molecular formula is C15H22ClN3O2. The van der Waals surface area contributed by atoms with Crippen LogP contribution in [-0.4, -0.2) is 49.2 Å². The smallest absolute Gasteiger partial charge is 0.253 e. The molecule has 0 spiro atoms. The molecular weight excluding hydrogens is 290 g/mol. The van der Waals surface area contributed by atoms with Crippen LogP contribution in [-0.2, 0) is 4.74 Å². The van der Waals surface area contributed by atoms with E-state index < -0.39 is 0 Å². The number of nitrogen functional groups attached to an aromatic ring is 1. The van der Waals surface area contributed by atoms with Gasteiger partial charge in [-0.3, -0.25) is 9.69 Å². The van der Waals surface area contributed by atoms with Crippen LogP contribution < -0.4 is 11.1 Å². The number of nitrogens with zero attached hydrogens (tertiary/aromatic N) is 1. The van der Waals surface area contributed by atoms with Crippen molar-refractivity contribution in [3.63, 3.8) is 0 Å². The number of morpholine rings is 1. The average molecular weight is 312 g/mol. The summed E-state index contributed by atoms with van der Waals surface area (Å²) in [6.07, 6.45) is 0. The molecule has 1 aliphatic rings. The second-order valence-electron chi connectivity index (χ2n) is 5.83. The van der Waals surface area contributed by atoms with Crippen molar-refractivity contribution in [3.05, 3.63) is 28.8 Å². The lowest BCUT2D eigenvalue weighted by atomic mass is 10.0. The highest BCUT2D eigenvalue weighted by molar-refractivity contribution is 6.31. The van der Waals surface area contributed by atoms with Crippen molar-refractivity contribution in [2.24, 2.45) is 0 Å². The number of hydrogen-bond acceptors (Lipinski definition) is 4. The first kappa shape index (κ1) is 16.1. The standard InChI is InChI=1S/C15H22ClN3O2/c1-15(2,19-5-7-21-8-6-19)10-18-14(20)12-4-3-11(16)9-13(12)17/h3-4,9H,5-8,10,17H2,1-2H3,(H,18,20). The fraction of sp³-hybridized carbons (Fsp3) is 0.533. The van der Waals surface area contributed by atoms with E-state index in [4.69, 9.17) is 22.1 Å². The van der Waals surface area contributed by atoms with Gasteiger partial charge >= 0.3 is 0 Å². The van der Waals surface area contributed by atoms with Crippen LogP contribution in [0.4, 0.5) is 5.69 Å². The van der Waals surface area contributed by atoms with Crippen LogP contribution in [0.1, 0.15) is 24.2 Å². The molecule has 5 nitrogen and oxygen atoms in total. The summed E-state index contributed by atoms with van der Waals surface area (Å²) in [7, 11) is 0. The summed E-state index contributed by atoms with van der Waals surface area (Å²) in [4.78, 5) is 14.6. The number of rotatable bonds is 4. The minimum absolute atomic E-state index is 0.124. The maximum atomic E-state index is 12.2. The molecule has 1 heterocycles. The maximum absolute atomic E-state index is 12.2. The number of ether oxygens (including phenoxy) is 1. The lowest BCUT2D eigenvalue weighted by Crippen LogP contribution is -2.55. The lowest BCUT2D eigenvalue weighted by molar-refractivity contribution is -0.00923. The first-order valence-electron chi connectivity index (χ1n) is 7.06. The van der Waals surface area contributed by atoms with Gasteiger partial charge in [-0.1, -0.05) is 11.6 Å². The number of hydrogen-bond donors (Lipinski definition) is 2. The molecule has 0 atom stereocenters. The second-order valence-corrected chi connectivity index (χ2v) is 6.26. The Morgan fingerprint density at radius 3 is 2.71 bits per heavy atom. The number of benzene rings is 1. The monoisotopic (exact) mass is 311 g/mol. The lowest BCUT2D eigenvalue weighted by Gasteiger charge is -2.40. The summed E-state index contributed by atoms with van der Waals surface area (Å²) < 4.78 is 5.36. The number of carbonyl (C=O) groups is 1. The SMILES string of the molecule is CC(C)(CNC(=O)c1ccc(Cl)cc1N)N1CCOCC1. The summed E-state index contributed by atoms with van der Waals surface area (Å²) in [5.74, 6) is -0.175. The Kier molecular flexibility index (Phi) is 5.08. The van der Waals surface area contributed by atoms with Gasteiger partial charge in [0.1, 0.15) is 0 Å². The van der Waals surface area contributed by atoms with Gasteiger partial charge in [0, 0.05) is 35.9 Å². The number of anilines is 1. The molecule has 1 saturated heterocycles. The van der Waals surface area contributed by atoms with E-state index in [2.05, 4.69) is 24.1 Å². The normalized spacial score (nSPS) is 16.7. The third-order valence-electron chi connectivity index (χ3n) is 3.81. The Morgan fingerprint density at radius 2 is 2.10 bits per heavy atom. The topological polar surface area (TPSA) is 67.6 Å². The van der Waals surface area contributed by atoms with Gasteiger partial charge in [-0.25, -0.2) is 0 Å². The van der Waals surface area contributed by atoms with Crippen LogP contribution >= 0.6 is 11.6 Å². The van der Waals surface area contributed by atoms with Gasteiger partial charge < -0.3 is 15.8 Å². The zero-order valence-corrected chi connectivity index (χ0v) is 13.2. The van der Waals surface area contributed by atoms with Crippen molar-refractivity contribution in [2.75, 3.05) is 38.6 Å². The van der Waals surface area contributed by atoms with E-state index in [1.54, 1.807) is 18.2 Å². The number of carbonyl (C=O) groups excluding carboxylic acids is 1. The molecule has 1 fully saturated rings. The molecule has 0 radical (unpaired) electrons. The van der Waals surface area contributed by atoms with E-state index in [9.17, 15) is 4.79 Å². The van der Waals surface area contributed by atoms with Crippen LogP contribution in [0, 0.1) is 0 Å².